The molecule has 39 heavy (non-hydrogen) atoms. The summed E-state index contributed by atoms with van der Waals surface area (Å²) < 4.78 is 40.7. The first kappa shape index (κ1) is 27.9. The Labute approximate surface area is 224 Å². The largest absolute Gasteiger partial charge is 0.451 e. The Hall–Kier alpha value is -4.12. The van der Waals surface area contributed by atoms with E-state index in [9.17, 15) is 23.2 Å². The molecule has 1 aliphatic rings. The Balaban J connectivity index is 1.81. The van der Waals surface area contributed by atoms with Gasteiger partial charge in [0, 0.05) is 19.0 Å². The van der Waals surface area contributed by atoms with E-state index in [1.165, 1.54) is 33.8 Å². The van der Waals surface area contributed by atoms with E-state index < -0.39 is 53.7 Å². The van der Waals surface area contributed by atoms with E-state index in [1.54, 1.807) is 45.0 Å². The number of fused-ring (bicyclic) bond motifs is 1. The van der Waals surface area contributed by atoms with Crippen LogP contribution in [-0.4, -0.2) is 52.5 Å². The number of carbonyl (C=O) groups excluding carboxylic acids is 2. The van der Waals surface area contributed by atoms with Gasteiger partial charge in [-0.1, -0.05) is 38.1 Å². The lowest BCUT2D eigenvalue weighted by atomic mass is 9.83. The van der Waals surface area contributed by atoms with Gasteiger partial charge in [0.1, 0.15) is 17.7 Å². The van der Waals surface area contributed by atoms with Gasteiger partial charge in [0.05, 0.1) is 12.2 Å². The molecular formula is C28H30F2N4O5. The summed E-state index contributed by atoms with van der Waals surface area (Å²) in [5.74, 6) is -3.37. The van der Waals surface area contributed by atoms with Crippen molar-refractivity contribution in [3.8, 4) is 5.75 Å². The third-order valence-corrected chi connectivity index (χ3v) is 6.76. The van der Waals surface area contributed by atoms with E-state index in [0.717, 1.165) is 6.20 Å². The Morgan fingerprint density at radius 3 is 2.26 bits per heavy atom. The summed E-state index contributed by atoms with van der Waals surface area (Å²) in [5, 5.41) is 4.25. The van der Waals surface area contributed by atoms with Gasteiger partial charge >= 0.3 is 5.97 Å². The number of hydrogen-bond acceptors (Lipinski definition) is 7. The van der Waals surface area contributed by atoms with Crippen molar-refractivity contribution in [1.29, 1.82) is 0 Å². The van der Waals surface area contributed by atoms with Crippen LogP contribution in [0.25, 0.3) is 0 Å². The molecule has 0 radical (unpaired) electrons. The van der Waals surface area contributed by atoms with E-state index in [4.69, 9.17) is 15.2 Å². The lowest BCUT2D eigenvalue weighted by Crippen LogP contribution is -2.47. The van der Waals surface area contributed by atoms with E-state index in [0.29, 0.717) is 11.1 Å². The quantitative estimate of drug-likeness (QED) is 0.327. The van der Waals surface area contributed by atoms with Crippen molar-refractivity contribution in [1.82, 2.24) is 14.7 Å². The maximum Gasteiger partial charge on any atom is 0.326 e. The maximum absolute atomic E-state index is 14.3. The van der Waals surface area contributed by atoms with Gasteiger partial charge in [-0.15, -0.1) is 0 Å². The van der Waals surface area contributed by atoms with Crippen LogP contribution in [0.1, 0.15) is 54.3 Å². The third kappa shape index (κ3) is 5.83. The topological polar surface area (TPSA) is 117 Å². The second kappa shape index (κ2) is 11.7. The lowest BCUT2D eigenvalue weighted by Gasteiger charge is -2.39. The maximum atomic E-state index is 14.3. The number of carbonyl (C=O) groups is 2. The molecule has 0 bridgehead atoms. The Morgan fingerprint density at radius 2 is 1.72 bits per heavy atom. The molecule has 1 aliphatic heterocycles. The van der Waals surface area contributed by atoms with Crippen molar-refractivity contribution in [2.75, 3.05) is 19.9 Å². The molecule has 4 rings (SSSR count). The van der Waals surface area contributed by atoms with Gasteiger partial charge in [-0.3, -0.25) is 19.1 Å². The van der Waals surface area contributed by atoms with Crippen LogP contribution in [-0.2, 0) is 9.53 Å². The van der Waals surface area contributed by atoms with Crippen LogP contribution in [0, 0.1) is 17.6 Å². The highest BCUT2D eigenvalue weighted by molar-refractivity contribution is 5.96. The molecule has 11 heteroatoms. The number of esters is 1. The number of nitrogens with zero attached hydrogens (tertiary/aromatic N) is 3. The predicted molar refractivity (Wildman–Crippen MR) is 138 cm³/mol. The molecule has 206 valence electrons. The van der Waals surface area contributed by atoms with Crippen LogP contribution in [0.4, 0.5) is 8.78 Å². The number of aromatic nitrogens is 2. The summed E-state index contributed by atoms with van der Waals surface area (Å²) in [5.41, 5.74) is 6.02. The summed E-state index contributed by atoms with van der Waals surface area (Å²) in [7, 11) is 0. The normalized spacial score (nSPS) is 15.8. The number of rotatable bonds is 9. The van der Waals surface area contributed by atoms with Gasteiger partial charge in [-0.05, 0) is 48.2 Å². The second-order valence-corrected chi connectivity index (χ2v) is 9.63. The molecule has 0 fully saturated rings. The minimum atomic E-state index is -0.888. The molecule has 9 nitrogen and oxygen atoms in total. The zero-order valence-corrected chi connectivity index (χ0v) is 21.8. The Kier molecular flexibility index (Phi) is 8.39. The summed E-state index contributed by atoms with van der Waals surface area (Å²) >= 11 is 0. The minimum Gasteiger partial charge on any atom is -0.451 e. The molecule has 2 N–H and O–H groups in total. The first-order valence-corrected chi connectivity index (χ1v) is 12.6. The van der Waals surface area contributed by atoms with E-state index in [-0.39, 0.29) is 30.5 Å². The van der Waals surface area contributed by atoms with Gasteiger partial charge < -0.3 is 20.1 Å². The summed E-state index contributed by atoms with van der Waals surface area (Å²) in [6.45, 7) is 5.07. The van der Waals surface area contributed by atoms with Gasteiger partial charge in [0.25, 0.3) is 5.91 Å². The average Bonchev–Trinajstić information content (AvgIpc) is 2.90. The molecular weight excluding hydrogens is 510 g/mol. The van der Waals surface area contributed by atoms with Crippen molar-refractivity contribution in [3.05, 3.63) is 93.4 Å². The van der Waals surface area contributed by atoms with Gasteiger partial charge in [0.15, 0.2) is 5.69 Å². The predicted octanol–water partition coefficient (Wildman–Crippen LogP) is 3.23. The average molecular weight is 541 g/mol. The van der Waals surface area contributed by atoms with Crippen molar-refractivity contribution >= 4 is 11.9 Å². The zero-order valence-electron chi connectivity index (χ0n) is 21.8. The minimum absolute atomic E-state index is 0.146. The first-order valence-electron chi connectivity index (χ1n) is 12.6. The molecule has 2 atom stereocenters. The molecule has 1 aromatic heterocycles. The molecule has 2 aromatic carbocycles. The van der Waals surface area contributed by atoms with Gasteiger partial charge in [-0.25, -0.2) is 8.78 Å². The molecule has 1 amide bonds. The summed E-state index contributed by atoms with van der Waals surface area (Å²) in [4.78, 5) is 39.9. The fourth-order valence-electron chi connectivity index (χ4n) is 4.64. The van der Waals surface area contributed by atoms with E-state index in [1.807, 2.05) is 0 Å². The van der Waals surface area contributed by atoms with Crippen molar-refractivity contribution in [2.45, 2.75) is 38.8 Å². The number of nitrogens with two attached hydrogens (primary N) is 1. The van der Waals surface area contributed by atoms with Crippen LogP contribution in [0.5, 0.6) is 5.75 Å². The number of ether oxygens (including phenoxy) is 2. The highest BCUT2D eigenvalue weighted by Gasteiger charge is 2.40. The highest BCUT2D eigenvalue weighted by atomic mass is 19.1. The second-order valence-electron chi connectivity index (χ2n) is 9.63. The third-order valence-electron chi connectivity index (χ3n) is 6.76. The number of benzene rings is 2. The van der Waals surface area contributed by atoms with Crippen molar-refractivity contribution < 1.29 is 27.8 Å². The van der Waals surface area contributed by atoms with Crippen LogP contribution in [0.2, 0.25) is 0 Å². The van der Waals surface area contributed by atoms with Crippen LogP contribution >= 0.6 is 0 Å². The fourth-order valence-corrected chi connectivity index (χ4v) is 4.64. The van der Waals surface area contributed by atoms with Crippen molar-refractivity contribution in [2.24, 2.45) is 11.7 Å². The molecule has 0 spiro atoms. The molecule has 0 saturated heterocycles. The number of halogens is 2. The number of amides is 1. The molecule has 0 unspecified atom stereocenters. The Morgan fingerprint density at radius 1 is 1.10 bits per heavy atom. The zero-order chi connectivity index (χ0) is 28.3. The van der Waals surface area contributed by atoms with Gasteiger partial charge in [-0.2, -0.15) is 5.10 Å². The van der Waals surface area contributed by atoms with Gasteiger partial charge in [0.2, 0.25) is 18.0 Å². The molecule has 3 aromatic rings. The molecule has 0 saturated carbocycles. The highest BCUT2D eigenvalue weighted by Crippen LogP contribution is 2.39. The van der Waals surface area contributed by atoms with E-state index in [2.05, 4.69) is 5.10 Å². The van der Waals surface area contributed by atoms with Crippen LogP contribution in [0.3, 0.4) is 0 Å². The number of hydrogen-bond donors (Lipinski definition) is 1. The lowest BCUT2D eigenvalue weighted by molar-refractivity contribution is -0.152. The first-order chi connectivity index (χ1) is 18.6. The standard InChI is InChI=1S/C28H30F2N4O5/c1-4-33-14-21(23(17-7-5-9-19(29)11-17)18-8-6-10-20(30)12-18)34-25(27(33)36)26(22(35)13-32-34)38-15-39-28(37)24(31)16(2)3/h5-13,16,21,23-24H,4,14-15,31H2,1-3H3/t21-,24+/m1/s1. The summed E-state index contributed by atoms with van der Waals surface area (Å²) in [6, 6.07) is 10.3. The molecule has 0 aliphatic carbocycles. The van der Waals surface area contributed by atoms with Crippen LogP contribution < -0.4 is 15.9 Å². The number of likely N-dealkylation sites (N-methyl/N-ethyl adjacent to an activating group) is 1. The smallest absolute Gasteiger partial charge is 0.326 e. The Bertz CT molecular complexity index is 1380. The molecule has 2 heterocycles. The fraction of sp³-hybridized carbons (Fsp3) is 0.357. The SMILES string of the molecule is CCN1C[C@H](C(c2cccc(F)c2)c2cccc(F)c2)n2ncc(=O)c(OCOC(=O)[C@@H](N)C(C)C)c2C1=O. The summed E-state index contributed by atoms with van der Waals surface area (Å²) in [6.07, 6.45) is 0.997. The van der Waals surface area contributed by atoms with E-state index >= 15 is 0 Å². The van der Waals surface area contributed by atoms with Crippen LogP contribution in [0.15, 0.2) is 59.5 Å². The van der Waals surface area contributed by atoms with Crippen molar-refractivity contribution in [3.63, 3.8) is 0 Å². The monoisotopic (exact) mass is 540 g/mol.